The molecule has 6 nitrogen and oxygen atoms in total. The molecule has 0 radical (unpaired) electrons. The molecular formula is C12H21N3O3S. The van der Waals surface area contributed by atoms with E-state index >= 15 is 0 Å². The van der Waals surface area contributed by atoms with Crippen LogP contribution in [0, 0.1) is 0 Å². The lowest BCUT2D eigenvalue weighted by atomic mass is 9.97. The average molecular weight is 287 g/mol. The summed E-state index contributed by atoms with van der Waals surface area (Å²) in [5.74, 6) is 1.36. The van der Waals surface area contributed by atoms with Crippen LogP contribution in [-0.4, -0.2) is 62.1 Å². The molecule has 0 bridgehead atoms. The van der Waals surface area contributed by atoms with E-state index < -0.39 is 10.0 Å². The molecule has 0 unspecified atom stereocenters. The summed E-state index contributed by atoms with van der Waals surface area (Å²) < 4.78 is 30.0. The summed E-state index contributed by atoms with van der Waals surface area (Å²) >= 11 is 0. The highest BCUT2D eigenvalue weighted by molar-refractivity contribution is 7.89. The number of likely N-dealkylation sites (tertiary alicyclic amines) is 1. The van der Waals surface area contributed by atoms with Crippen molar-refractivity contribution in [2.45, 2.75) is 18.8 Å². The molecule has 0 N–H and O–H groups in total. The van der Waals surface area contributed by atoms with Crippen LogP contribution in [0.25, 0.3) is 0 Å². The van der Waals surface area contributed by atoms with Gasteiger partial charge in [0.1, 0.15) is 6.26 Å². The second-order valence-electron chi connectivity index (χ2n) is 5.08. The van der Waals surface area contributed by atoms with Crippen LogP contribution in [0.4, 0.5) is 0 Å². The Morgan fingerprint density at radius 1 is 1.42 bits per heavy atom. The molecule has 1 aliphatic rings. The van der Waals surface area contributed by atoms with Gasteiger partial charge in [-0.05, 0) is 25.9 Å². The lowest BCUT2D eigenvalue weighted by Crippen LogP contribution is -2.38. The minimum atomic E-state index is -3.09. The zero-order chi connectivity index (χ0) is 13.9. The lowest BCUT2D eigenvalue weighted by molar-refractivity contribution is 0.209. The van der Waals surface area contributed by atoms with E-state index in [1.54, 1.807) is 26.6 Å². The van der Waals surface area contributed by atoms with E-state index in [2.05, 4.69) is 9.88 Å². The van der Waals surface area contributed by atoms with E-state index in [-0.39, 0.29) is 5.75 Å². The van der Waals surface area contributed by atoms with Crippen LogP contribution < -0.4 is 0 Å². The molecule has 0 spiro atoms. The monoisotopic (exact) mass is 287 g/mol. The quantitative estimate of drug-likeness (QED) is 0.799. The van der Waals surface area contributed by atoms with Crippen molar-refractivity contribution in [3.63, 3.8) is 0 Å². The molecule has 0 amide bonds. The third kappa shape index (κ3) is 3.77. The summed E-state index contributed by atoms with van der Waals surface area (Å²) in [6.45, 7) is 2.39. The molecule has 2 rings (SSSR count). The van der Waals surface area contributed by atoms with Crippen molar-refractivity contribution in [1.29, 1.82) is 0 Å². The standard InChI is InChI=1S/C12H21N3O3S/c1-14(2)19(16,17)10-8-15-6-3-11(4-7-15)12-13-5-9-18-12/h5,9,11H,3-4,6-8,10H2,1-2H3. The van der Waals surface area contributed by atoms with Gasteiger partial charge < -0.3 is 9.32 Å². The van der Waals surface area contributed by atoms with Crippen molar-refractivity contribution >= 4 is 10.0 Å². The van der Waals surface area contributed by atoms with Gasteiger partial charge >= 0.3 is 0 Å². The zero-order valence-electron chi connectivity index (χ0n) is 11.4. The van der Waals surface area contributed by atoms with Crippen LogP contribution in [0.15, 0.2) is 16.9 Å². The SMILES string of the molecule is CN(C)S(=O)(=O)CCN1CCC(c2ncco2)CC1. The molecule has 1 aromatic rings. The fourth-order valence-corrected chi connectivity index (χ4v) is 3.12. The van der Waals surface area contributed by atoms with Gasteiger partial charge in [-0.1, -0.05) is 0 Å². The van der Waals surface area contributed by atoms with Crippen LogP contribution in [0.1, 0.15) is 24.7 Å². The first-order valence-electron chi connectivity index (χ1n) is 6.51. The van der Waals surface area contributed by atoms with Gasteiger partial charge in [0.2, 0.25) is 10.0 Å². The van der Waals surface area contributed by atoms with Gasteiger partial charge in [0.05, 0.1) is 11.9 Å². The molecule has 19 heavy (non-hydrogen) atoms. The van der Waals surface area contributed by atoms with Gasteiger partial charge in [-0.3, -0.25) is 0 Å². The van der Waals surface area contributed by atoms with Crippen LogP contribution in [0.5, 0.6) is 0 Å². The van der Waals surface area contributed by atoms with Crippen LogP contribution in [0.2, 0.25) is 0 Å². The molecule has 0 aromatic carbocycles. The second kappa shape index (κ2) is 6.02. The number of sulfonamides is 1. The Balaban J connectivity index is 1.78. The Hall–Kier alpha value is -0.920. The molecule has 1 saturated heterocycles. The number of aromatic nitrogens is 1. The first-order chi connectivity index (χ1) is 8.99. The summed E-state index contributed by atoms with van der Waals surface area (Å²) in [5, 5.41) is 0. The van der Waals surface area contributed by atoms with E-state index in [0.29, 0.717) is 12.5 Å². The third-order valence-corrected chi connectivity index (χ3v) is 5.42. The van der Waals surface area contributed by atoms with Crippen LogP contribution >= 0.6 is 0 Å². The Morgan fingerprint density at radius 3 is 2.63 bits per heavy atom. The number of oxazole rings is 1. The maximum Gasteiger partial charge on any atom is 0.214 e. The lowest BCUT2D eigenvalue weighted by Gasteiger charge is -2.30. The van der Waals surface area contributed by atoms with E-state index in [4.69, 9.17) is 4.42 Å². The molecule has 108 valence electrons. The molecule has 0 aliphatic carbocycles. The molecule has 0 atom stereocenters. The van der Waals surface area contributed by atoms with Gasteiger partial charge in [-0.25, -0.2) is 17.7 Å². The van der Waals surface area contributed by atoms with E-state index in [0.717, 1.165) is 31.8 Å². The third-order valence-electron chi connectivity index (χ3n) is 3.61. The molecular weight excluding hydrogens is 266 g/mol. The number of nitrogens with zero attached hydrogens (tertiary/aromatic N) is 3. The average Bonchev–Trinajstić information content (AvgIpc) is 2.91. The Kier molecular flexibility index (Phi) is 4.59. The molecule has 1 aromatic heterocycles. The van der Waals surface area contributed by atoms with Crippen LogP contribution in [0.3, 0.4) is 0 Å². The first-order valence-corrected chi connectivity index (χ1v) is 8.12. The first kappa shape index (κ1) is 14.5. The fourth-order valence-electron chi connectivity index (χ4n) is 2.27. The molecule has 2 heterocycles. The largest absolute Gasteiger partial charge is 0.449 e. The predicted molar refractivity (Wildman–Crippen MR) is 72.4 cm³/mol. The van der Waals surface area contributed by atoms with Gasteiger partial charge in [-0.15, -0.1) is 0 Å². The van der Waals surface area contributed by atoms with Crippen molar-refractivity contribution in [3.8, 4) is 0 Å². The topological polar surface area (TPSA) is 66.7 Å². The molecule has 0 saturated carbocycles. The minimum absolute atomic E-state index is 0.184. The summed E-state index contributed by atoms with van der Waals surface area (Å²) in [6, 6.07) is 0. The summed E-state index contributed by atoms with van der Waals surface area (Å²) in [7, 11) is 0.0536. The predicted octanol–water partition coefficient (Wildman–Crippen LogP) is 0.745. The molecule has 1 fully saturated rings. The normalized spacial score (nSPS) is 19.1. The van der Waals surface area contributed by atoms with Gasteiger partial charge in [0, 0.05) is 26.6 Å². The molecule has 7 heteroatoms. The number of hydrogen-bond acceptors (Lipinski definition) is 5. The van der Waals surface area contributed by atoms with Crippen molar-refractivity contribution in [1.82, 2.24) is 14.2 Å². The number of rotatable bonds is 5. The highest BCUT2D eigenvalue weighted by atomic mass is 32.2. The van der Waals surface area contributed by atoms with Gasteiger partial charge in [-0.2, -0.15) is 0 Å². The summed E-state index contributed by atoms with van der Waals surface area (Å²) in [5.41, 5.74) is 0. The smallest absolute Gasteiger partial charge is 0.214 e. The Labute approximate surface area is 114 Å². The van der Waals surface area contributed by atoms with E-state index in [9.17, 15) is 8.42 Å². The summed E-state index contributed by atoms with van der Waals surface area (Å²) in [4.78, 5) is 6.38. The summed E-state index contributed by atoms with van der Waals surface area (Å²) in [6.07, 6.45) is 5.22. The van der Waals surface area contributed by atoms with Crippen LogP contribution in [-0.2, 0) is 10.0 Å². The van der Waals surface area contributed by atoms with Crippen molar-refractivity contribution in [2.75, 3.05) is 39.5 Å². The zero-order valence-corrected chi connectivity index (χ0v) is 12.3. The second-order valence-corrected chi connectivity index (χ2v) is 7.39. The Morgan fingerprint density at radius 2 is 2.11 bits per heavy atom. The van der Waals surface area contributed by atoms with Crippen molar-refractivity contribution in [2.24, 2.45) is 0 Å². The fraction of sp³-hybridized carbons (Fsp3) is 0.750. The van der Waals surface area contributed by atoms with Gasteiger partial charge in [0.25, 0.3) is 0 Å². The Bertz CT molecular complexity index is 476. The minimum Gasteiger partial charge on any atom is -0.449 e. The maximum absolute atomic E-state index is 11.7. The van der Waals surface area contributed by atoms with Gasteiger partial charge in [0.15, 0.2) is 5.89 Å². The van der Waals surface area contributed by atoms with Crippen molar-refractivity contribution in [3.05, 3.63) is 18.4 Å². The number of hydrogen-bond donors (Lipinski definition) is 0. The maximum atomic E-state index is 11.7. The highest BCUT2D eigenvalue weighted by Crippen LogP contribution is 2.26. The number of piperidine rings is 1. The van der Waals surface area contributed by atoms with E-state index in [1.807, 2.05) is 0 Å². The highest BCUT2D eigenvalue weighted by Gasteiger charge is 2.24. The van der Waals surface area contributed by atoms with E-state index in [1.165, 1.54) is 4.31 Å². The molecule has 1 aliphatic heterocycles. The van der Waals surface area contributed by atoms with Crippen molar-refractivity contribution < 1.29 is 12.8 Å².